The number of hydrogen-bond acceptors (Lipinski definition) is 3. The van der Waals surface area contributed by atoms with Crippen LogP contribution in [-0.2, 0) is 4.79 Å². The lowest BCUT2D eigenvalue weighted by Crippen LogP contribution is -2.37. The van der Waals surface area contributed by atoms with E-state index in [1.54, 1.807) is 18.2 Å². The molecule has 0 spiro atoms. The topological polar surface area (TPSA) is 58.2 Å². The smallest absolute Gasteiger partial charge is 0.268 e. The maximum absolute atomic E-state index is 13.3. The summed E-state index contributed by atoms with van der Waals surface area (Å²) in [5, 5.41) is 7.88. The summed E-state index contributed by atoms with van der Waals surface area (Å²) < 4.78 is 0. The molecule has 160 valence electrons. The summed E-state index contributed by atoms with van der Waals surface area (Å²) in [4.78, 5) is 27.0. The fourth-order valence-electron chi connectivity index (χ4n) is 3.24. The van der Waals surface area contributed by atoms with Crippen molar-refractivity contribution in [3.8, 4) is 0 Å². The monoisotopic (exact) mass is 432 g/mol. The Balaban J connectivity index is 1.84. The van der Waals surface area contributed by atoms with Gasteiger partial charge in [0, 0.05) is 10.4 Å². The number of hydrogen-bond donors (Lipinski definition) is 2. The van der Waals surface area contributed by atoms with Gasteiger partial charge in [-0.15, -0.1) is 11.3 Å². The molecule has 2 amide bonds. The Bertz CT molecular complexity index is 1020. The van der Waals surface area contributed by atoms with E-state index < -0.39 is 0 Å². The molecule has 0 saturated heterocycles. The van der Waals surface area contributed by atoms with Gasteiger partial charge in [-0.1, -0.05) is 67.9 Å². The van der Waals surface area contributed by atoms with Crippen LogP contribution in [0.5, 0.6) is 0 Å². The van der Waals surface area contributed by atoms with Crippen molar-refractivity contribution in [1.29, 1.82) is 0 Å². The number of thiophene rings is 1. The van der Waals surface area contributed by atoms with Gasteiger partial charge in [0.1, 0.15) is 5.70 Å². The number of amides is 2. The first kappa shape index (κ1) is 22.5. The maximum Gasteiger partial charge on any atom is 0.268 e. The van der Waals surface area contributed by atoms with Crippen LogP contribution in [0.3, 0.4) is 0 Å². The van der Waals surface area contributed by atoms with Gasteiger partial charge in [-0.2, -0.15) is 0 Å². The van der Waals surface area contributed by atoms with E-state index in [0.29, 0.717) is 11.5 Å². The molecular weight excluding hydrogens is 404 g/mol. The van der Waals surface area contributed by atoms with Gasteiger partial charge in [-0.05, 0) is 54.5 Å². The third kappa shape index (κ3) is 6.66. The van der Waals surface area contributed by atoms with Crippen LogP contribution in [0.15, 0.2) is 77.8 Å². The zero-order valence-corrected chi connectivity index (χ0v) is 18.9. The van der Waals surface area contributed by atoms with E-state index in [4.69, 9.17) is 0 Å². The van der Waals surface area contributed by atoms with Crippen molar-refractivity contribution in [2.75, 3.05) is 0 Å². The van der Waals surface area contributed by atoms with Gasteiger partial charge in [0.15, 0.2) is 0 Å². The fraction of sp³-hybridized carbons (Fsp3) is 0.231. The average molecular weight is 433 g/mol. The number of aryl methyl sites for hydroxylation is 1. The summed E-state index contributed by atoms with van der Waals surface area (Å²) in [6, 6.07) is 20.9. The van der Waals surface area contributed by atoms with Crippen molar-refractivity contribution in [1.82, 2.24) is 10.6 Å². The zero-order chi connectivity index (χ0) is 22.2. The Kier molecular flexibility index (Phi) is 7.79. The van der Waals surface area contributed by atoms with Crippen LogP contribution >= 0.6 is 11.3 Å². The summed E-state index contributed by atoms with van der Waals surface area (Å²) in [6.45, 7) is 6.23. The summed E-state index contributed by atoms with van der Waals surface area (Å²) in [5.41, 5.74) is 2.86. The second-order valence-corrected chi connectivity index (χ2v) is 8.94. The van der Waals surface area contributed by atoms with Crippen LogP contribution in [0.2, 0.25) is 0 Å². The third-order valence-electron chi connectivity index (χ3n) is 4.85. The highest BCUT2D eigenvalue weighted by molar-refractivity contribution is 7.10. The molecule has 0 radical (unpaired) electrons. The van der Waals surface area contributed by atoms with Crippen LogP contribution < -0.4 is 10.6 Å². The number of carbonyl (C=O) groups excluding carboxylic acids is 2. The average Bonchev–Trinajstić information content (AvgIpc) is 3.26. The standard InChI is InChI=1S/C26H28N2O2S/c1-18(2)16-23(20-8-5-4-6-9-20)27-26(30)24(17-22-10-7-15-31-22)28-25(29)21-13-11-19(3)12-14-21/h4-15,17-18,23H,16H2,1-3H3,(H,27,30)(H,28,29)/b24-17-/t23-/m0/s1. The molecule has 1 atom stereocenters. The lowest BCUT2D eigenvalue weighted by atomic mass is 9.97. The summed E-state index contributed by atoms with van der Waals surface area (Å²) >= 11 is 1.51. The predicted molar refractivity (Wildman–Crippen MR) is 128 cm³/mol. The highest BCUT2D eigenvalue weighted by atomic mass is 32.1. The first-order chi connectivity index (χ1) is 14.9. The molecule has 3 aromatic rings. The normalized spacial score (nSPS) is 12.5. The molecule has 0 fully saturated rings. The minimum Gasteiger partial charge on any atom is -0.344 e. The van der Waals surface area contributed by atoms with Crippen molar-refractivity contribution in [2.24, 2.45) is 5.92 Å². The second-order valence-electron chi connectivity index (χ2n) is 7.96. The molecule has 1 aromatic heterocycles. The molecule has 0 aliphatic carbocycles. The Hall–Kier alpha value is -3.18. The molecular formula is C26H28N2O2S. The van der Waals surface area contributed by atoms with Gasteiger partial charge in [0.25, 0.3) is 11.8 Å². The van der Waals surface area contributed by atoms with Gasteiger partial charge in [-0.3, -0.25) is 9.59 Å². The highest BCUT2D eigenvalue weighted by Gasteiger charge is 2.20. The Morgan fingerprint density at radius 2 is 1.68 bits per heavy atom. The molecule has 3 rings (SSSR count). The van der Waals surface area contributed by atoms with Gasteiger partial charge >= 0.3 is 0 Å². The number of rotatable bonds is 8. The Morgan fingerprint density at radius 3 is 2.29 bits per heavy atom. The molecule has 0 aliphatic rings. The van der Waals surface area contributed by atoms with E-state index in [2.05, 4.69) is 24.5 Å². The van der Waals surface area contributed by atoms with Crippen LogP contribution in [-0.4, -0.2) is 11.8 Å². The highest BCUT2D eigenvalue weighted by Crippen LogP contribution is 2.22. The van der Waals surface area contributed by atoms with Gasteiger partial charge in [0.05, 0.1) is 6.04 Å². The lowest BCUT2D eigenvalue weighted by Gasteiger charge is -2.22. The van der Waals surface area contributed by atoms with Crippen LogP contribution in [0, 0.1) is 12.8 Å². The molecule has 0 aliphatic heterocycles. The minimum absolute atomic E-state index is 0.142. The molecule has 0 bridgehead atoms. The maximum atomic E-state index is 13.3. The van der Waals surface area contributed by atoms with Crippen molar-refractivity contribution in [2.45, 2.75) is 33.2 Å². The van der Waals surface area contributed by atoms with Crippen molar-refractivity contribution < 1.29 is 9.59 Å². The number of carbonyl (C=O) groups is 2. The number of benzene rings is 2. The van der Waals surface area contributed by atoms with E-state index in [1.807, 2.05) is 66.9 Å². The fourth-order valence-corrected chi connectivity index (χ4v) is 3.90. The van der Waals surface area contributed by atoms with Gasteiger partial charge in [-0.25, -0.2) is 0 Å². The summed E-state index contributed by atoms with van der Waals surface area (Å²) in [6.07, 6.45) is 2.53. The quantitative estimate of drug-likeness (QED) is 0.447. The third-order valence-corrected chi connectivity index (χ3v) is 5.67. The van der Waals surface area contributed by atoms with E-state index >= 15 is 0 Å². The Labute approximate surface area is 188 Å². The molecule has 0 saturated carbocycles. The van der Waals surface area contributed by atoms with Crippen molar-refractivity contribution >= 4 is 29.2 Å². The van der Waals surface area contributed by atoms with Crippen molar-refractivity contribution in [3.63, 3.8) is 0 Å². The largest absolute Gasteiger partial charge is 0.344 e. The van der Waals surface area contributed by atoms with E-state index in [0.717, 1.165) is 22.4 Å². The predicted octanol–water partition coefficient (Wildman–Crippen LogP) is 5.73. The van der Waals surface area contributed by atoms with Gasteiger partial charge < -0.3 is 10.6 Å². The SMILES string of the molecule is Cc1ccc(C(=O)N/C(=C\c2cccs2)C(=O)N[C@@H](CC(C)C)c2ccccc2)cc1. The molecule has 4 nitrogen and oxygen atoms in total. The second kappa shape index (κ2) is 10.7. The molecule has 31 heavy (non-hydrogen) atoms. The first-order valence-corrected chi connectivity index (χ1v) is 11.3. The zero-order valence-electron chi connectivity index (χ0n) is 18.1. The Morgan fingerprint density at radius 1 is 0.968 bits per heavy atom. The summed E-state index contributed by atoms with van der Waals surface area (Å²) in [7, 11) is 0. The van der Waals surface area contributed by atoms with E-state index in [9.17, 15) is 9.59 Å². The van der Waals surface area contributed by atoms with Gasteiger partial charge in [0.2, 0.25) is 0 Å². The first-order valence-electron chi connectivity index (χ1n) is 10.4. The molecule has 5 heteroatoms. The molecule has 2 aromatic carbocycles. The van der Waals surface area contributed by atoms with E-state index in [1.165, 1.54) is 11.3 Å². The van der Waals surface area contributed by atoms with Crippen LogP contribution in [0.25, 0.3) is 6.08 Å². The molecule has 1 heterocycles. The van der Waals surface area contributed by atoms with E-state index in [-0.39, 0.29) is 23.6 Å². The summed E-state index contributed by atoms with van der Waals surface area (Å²) in [5.74, 6) is -0.209. The lowest BCUT2D eigenvalue weighted by molar-refractivity contribution is -0.118. The van der Waals surface area contributed by atoms with Crippen LogP contribution in [0.1, 0.15) is 52.7 Å². The number of nitrogens with one attached hydrogen (secondary N) is 2. The molecule has 2 N–H and O–H groups in total. The van der Waals surface area contributed by atoms with Crippen LogP contribution in [0.4, 0.5) is 0 Å². The van der Waals surface area contributed by atoms with Crippen molar-refractivity contribution in [3.05, 3.63) is 99.4 Å². The minimum atomic E-state index is -0.307. The molecule has 0 unspecified atom stereocenters.